The SMILES string of the molecule is COc1ccc([PH](=O)c2ccc(F)cc2)cc1. The predicted molar refractivity (Wildman–Crippen MR) is 67.7 cm³/mol. The zero-order valence-corrected chi connectivity index (χ0v) is 10.3. The van der Waals surface area contributed by atoms with Gasteiger partial charge in [-0.25, -0.2) is 4.39 Å². The standard InChI is InChI=1S/C13H12FO2P/c1-16-11-4-8-13(9-5-11)17(15)12-6-2-10(14)3-7-12/h2-9,17H,1H3. The van der Waals surface area contributed by atoms with E-state index >= 15 is 0 Å². The summed E-state index contributed by atoms with van der Waals surface area (Å²) < 4.78 is 30.0. The van der Waals surface area contributed by atoms with Crippen LogP contribution in [-0.4, -0.2) is 7.11 Å². The molecule has 0 fully saturated rings. The maximum Gasteiger partial charge on any atom is 0.131 e. The van der Waals surface area contributed by atoms with Gasteiger partial charge in [0.2, 0.25) is 0 Å². The highest BCUT2D eigenvalue weighted by atomic mass is 31.1. The molecule has 0 saturated carbocycles. The number of hydrogen-bond acceptors (Lipinski definition) is 2. The summed E-state index contributed by atoms with van der Waals surface area (Å²) >= 11 is 0. The zero-order chi connectivity index (χ0) is 12.3. The molecule has 88 valence electrons. The molecule has 0 bridgehead atoms. The number of methoxy groups -OCH3 is 1. The molecule has 4 heteroatoms. The van der Waals surface area contributed by atoms with E-state index in [9.17, 15) is 8.96 Å². The van der Waals surface area contributed by atoms with Crippen molar-refractivity contribution in [1.82, 2.24) is 0 Å². The fraction of sp³-hybridized carbons (Fsp3) is 0.0769. The van der Waals surface area contributed by atoms with Crippen LogP contribution in [0, 0.1) is 5.82 Å². The highest BCUT2D eigenvalue weighted by Gasteiger charge is 2.06. The quantitative estimate of drug-likeness (QED) is 0.781. The highest BCUT2D eigenvalue weighted by molar-refractivity contribution is 7.61. The summed E-state index contributed by atoms with van der Waals surface area (Å²) in [6, 6.07) is 12.8. The Labute approximate surface area is 99.8 Å². The molecule has 1 unspecified atom stereocenters. The van der Waals surface area contributed by atoms with Crippen molar-refractivity contribution < 1.29 is 13.7 Å². The number of rotatable bonds is 3. The molecule has 0 aromatic heterocycles. The first-order chi connectivity index (χ1) is 8.20. The maximum atomic E-state index is 12.7. The van der Waals surface area contributed by atoms with Gasteiger partial charge in [0.1, 0.15) is 19.4 Å². The van der Waals surface area contributed by atoms with Crippen LogP contribution >= 0.6 is 7.80 Å². The van der Waals surface area contributed by atoms with E-state index in [4.69, 9.17) is 4.74 Å². The molecule has 1 atom stereocenters. The fourth-order valence-electron chi connectivity index (χ4n) is 1.51. The zero-order valence-electron chi connectivity index (χ0n) is 9.31. The Bertz CT molecular complexity index is 520. The van der Waals surface area contributed by atoms with E-state index in [1.807, 2.05) is 0 Å². The van der Waals surface area contributed by atoms with Crippen LogP contribution < -0.4 is 15.3 Å². The van der Waals surface area contributed by atoms with Crippen molar-refractivity contribution in [1.29, 1.82) is 0 Å². The van der Waals surface area contributed by atoms with E-state index in [1.54, 1.807) is 43.5 Å². The van der Waals surface area contributed by atoms with Crippen LogP contribution in [0.2, 0.25) is 0 Å². The maximum absolute atomic E-state index is 12.7. The lowest BCUT2D eigenvalue weighted by Crippen LogP contribution is -2.06. The molecule has 0 spiro atoms. The van der Waals surface area contributed by atoms with Gasteiger partial charge < -0.3 is 9.30 Å². The minimum absolute atomic E-state index is 0.321. The molecular weight excluding hydrogens is 238 g/mol. The van der Waals surface area contributed by atoms with E-state index in [2.05, 4.69) is 0 Å². The molecule has 0 saturated heterocycles. The topological polar surface area (TPSA) is 26.3 Å². The monoisotopic (exact) mass is 250 g/mol. The molecule has 0 amide bonds. The average Bonchev–Trinajstić information content (AvgIpc) is 2.39. The minimum Gasteiger partial charge on any atom is -0.497 e. The summed E-state index contributed by atoms with van der Waals surface area (Å²) in [5, 5.41) is 1.39. The summed E-state index contributed by atoms with van der Waals surface area (Å²) in [5.74, 6) is 0.404. The van der Waals surface area contributed by atoms with Gasteiger partial charge in [-0.3, -0.25) is 0 Å². The second-order valence-corrected chi connectivity index (χ2v) is 5.38. The molecule has 17 heavy (non-hydrogen) atoms. The summed E-state index contributed by atoms with van der Waals surface area (Å²) in [6.45, 7) is 0. The lowest BCUT2D eigenvalue weighted by atomic mass is 10.3. The van der Waals surface area contributed by atoms with Crippen molar-refractivity contribution in [3.8, 4) is 5.75 Å². The number of benzene rings is 2. The largest absolute Gasteiger partial charge is 0.497 e. The van der Waals surface area contributed by atoms with Gasteiger partial charge in [0.05, 0.1) is 7.11 Å². The van der Waals surface area contributed by atoms with Crippen LogP contribution in [0.1, 0.15) is 0 Å². The van der Waals surface area contributed by atoms with Gasteiger partial charge in [-0.2, -0.15) is 0 Å². The normalized spacial score (nSPS) is 12.1. The smallest absolute Gasteiger partial charge is 0.131 e. The Kier molecular flexibility index (Phi) is 3.60. The molecule has 0 aliphatic carbocycles. The van der Waals surface area contributed by atoms with E-state index in [-0.39, 0.29) is 5.82 Å². The summed E-state index contributed by atoms with van der Waals surface area (Å²) in [6.07, 6.45) is 0. The van der Waals surface area contributed by atoms with Crippen LogP contribution in [-0.2, 0) is 4.57 Å². The molecule has 0 aliphatic heterocycles. The van der Waals surface area contributed by atoms with Gasteiger partial charge in [0, 0.05) is 10.6 Å². The summed E-state index contributed by atoms with van der Waals surface area (Å²) in [5.41, 5.74) is 0. The number of halogens is 1. The third-order valence-corrected chi connectivity index (χ3v) is 4.17. The van der Waals surface area contributed by atoms with Crippen molar-refractivity contribution in [3.63, 3.8) is 0 Å². The Morgan fingerprint density at radius 2 is 1.41 bits per heavy atom. The molecule has 2 aromatic carbocycles. The Morgan fingerprint density at radius 1 is 0.941 bits per heavy atom. The summed E-state index contributed by atoms with van der Waals surface area (Å²) in [7, 11) is -0.477. The van der Waals surface area contributed by atoms with E-state index < -0.39 is 7.80 Å². The van der Waals surface area contributed by atoms with Crippen LogP contribution in [0.15, 0.2) is 48.5 Å². The van der Waals surface area contributed by atoms with Gasteiger partial charge in [-0.15, -0.1) is 0 Å². The third kappa shape index (κ3) is 2.75. The first-order valence-corrected chi connectivity index (χ1v) is 6.56. The van der Waals surface area contributed by atoms with Crippen molar-refractivity contribution >= 4 is 18.4 Å². The molecule has 0 heterocycles. The number of hydrogen-bond donors (Lipinski definition) is 0. The van der Waals surface area contributed by atoms with Crippen molar-refractivity contribution in [3.05, 3.63) is 54.3 Å². The van der Waals surface area contributed by atoms with Crippen molar-refractivity contribution in [2.75, 3.05) is 7.11 Å². The Balaban J connectivity index is 2.27. The highest BCUT2D eigenvalue weighted by Crippen LogP contribution is 2.21. The predicted octanol–water partition coefficient (Wildman–Crippen LogP) is 2.34. The van der Waals surface area contributed by atoms with Gasteiger partial charge in [-0.05, 0) is 48.5 Å². The number of ether oxygens (including phenoxy) is 1. The Hall–Kier alpha value is -1.60. The molecule has 0 aliphatic rings. The second kappa shape index (κ2) is 5.15. The second-order valence-electron chi connectivity index (χ2n) is 3.56. The third-order valence-electron chi connectivity index (χ3n) is 2.46. The van der Waals surface area contributed by atoms with Crippen LogP contribution in [0.4, 0.5) is 4.39 Å². The fourth-order valence-corrected chi connectivity index (χ4v) is 2.78. The first-order valence-electron chi connectivity index (χ1n) is 5.15. The van der Waals surface area contributed by atoms with E-state index in [0.717, 1.165) is 11.1 Å². The Morgan fingerprint density at radius 3 is 1.88 bits per heavy atom. The molecule has 0 radical (unpaired) electrons. The molecule has 0 N–H and O–H groups in total. The lowest BCUT2D eigenvalue weighted by Gasteiger charge is -2.04. The van der Waals surface area contributed by atoms with E-state index in [1.165, 1.54) is 12.1 Å². The van der Waals surface area contributed by atoms with Crippen LogP contribution in [0.25, 0.3) is 0 Å². The van der Waals surface area contributed by atoms with Gasteiger partial charge in [0.25, 0.3) is 0 Å². The van der Waals surface area contributed by atoms with Gasteiger partial charge in [0.15, 0.2) is 0 Å². The van der Waals surface area contributed by atoms with Crippen molar-refractivity contribution in [2.24, 2.45) is 0 Å². The van der Waals surface area contributed by atoms with Gasteiger partial charge in [-0.1, -0.05) is 0 Å². The van der Waals surface area contributed by atoms with E-state index in [0.29, 0.717) is 5.30 Å². The molecule has 2 rings (SSSR count). The van der Waals surface area contributed by atoms with Crippen LogP contribution in [0.3, 0.4) is 0 Å². The first kappa shape index (κ1) is 11.9. The lowest BCUT2D eigenvalue weighted by molar-refractivity contribution is 0.415. The molecule has 2 nitrogen and oxygen atoms in total. The average molecular weight is 250 g/mol. The summed E-state index contributed by atoms with van der Waals surface area (Å²) in [4.78, 5) is 0. The van der Waals surface area contributed by atoms with Gasteiger partial charge >= 0.3 is 0 Å². The minimum atomic E-state index is -2.06. The van der Waals surface area contributed by atoms with Crippen LogP contribution in [0.5, 0.6) is 5.75 Å². The molecular formula is C13H12FO2P. The molecule has 2 aromatic rings. The van der Waals surface area contributed by atoms with Crippen molar-refractivity contribution in [2.45, 2.75) is 0 Å².